The molecular formula is C12H16O5S. The average molecular weight is 272 g/mol. The van der Waals surface area contributed by atoms with Crippen LogP contribution in [0.1, 0.15) is 0 Å². The third-order valence-electron chi connectivity index (χ3n) is 1.84. The Hall–Kier alpha value is -1.53. The van der Waals surface area contributed by atoms with Crippen molar-refractivity contribution in [1.82, 2.24) is 0 Å². The van der Waals surface area contributed by atoms with Gasteiger partial charge < -0.3 is 9.47 Å². The standard InChI is InChI=1S/C12H16O5S/c1-3-8-15-11-6-4-5-7-12(11)16-9-10-17-18(2,13)14/h3-7H,1,8-10H2,2H3. The van der Waals surface area contributed by atoms with Gasteiger partial charge in [0.25, 0.3) is 10.1 Å². The molecule has 0 N–H and O–H groups in total. The van der Waals surface area contributed by atoms with Crippen LogP contribution >= 0.6 is 0 Å². The van der Waals surface area contributed by atoms with Gasteiger partial charge in [-0.1, -0.05) is 24.8 Å². The summed E-state index contributed by atoms with van der Waals surface area (Å²) in [5.74, 6) is 1.12. The summed E-state index contributed by atoms with van der Waals surface area (Å²) in [6, 6.07) is 7.11. The first kappa shape index (κ1) is 14.5. The Kier molecular flexibility index (Phi) is 5.67. The topological polar surface area (TPSA) is 61.8 Å². The number of ether oxygens (including phenoxy) is 2. The van der Waals surface area contributed by atoms with E-state index in [1.165, 1.54) is 0 Å². The van der Waals surface area contributed by atoms with Crippen molar-refractivity contribution in [3.63, 3.8) is 0 Å². The van der Waals surface area contributed by atoms with E-state index in [4.69, 9.17) is 9.47 Å². The lowest BCUT2D eigenvalue weighted by Gasteiger charge is -2.11. The van der Waals surface area contributed by atoms with Gasteiger partial charge in [-0.2, -0.15) is 8.42 Å². The van der Waals surface area contributed by atoms with Gasteiger partial charge in [-0.15, -0.1) is 0 Å². The van der Waals surface area contributed by atoms with Crippen molar-refractivity contribution in [3.05, 3.63) is 36.9 Å². The molecule has 0 spiro atoms. The summed E-state index contributed by atoms with van der Waals surface area (Å²) in [7, 11) is -3.43. The fourth-order valence-electron chi connectivity index (χ4n) is 1.17. The lowest BCUT2D eigenvalue weighted by Crippen LogP contribution is -2.11. The summed E-state index contributed by atoms with van der Waals surface area (Å²) in [5, 5.41) is 0. The summed E-state index contributed by atoms with van der Waals surface area (Å²) >= 11 is 0. The summed E-state index contributed by atoms with van der Waals surface area (Å²) in [6.45, 7) is 4.02. The second-order valence-corrected chi connectivity index (χ2v) is 5.06. The highest BCUT2D eigenvalue weighted by Gasteiger charge is 2.05. The first-order valence-electron chi connectivity index (χ1n) is 5.33. The highest BCUT2D eigenvalue weighted by molar-refractivity contribution is 7.85. The third kappa shape index (κ3) is 5.70. The smallest absolute Gasteiger partial charge is 0.264 e. The Morgan fingerprint density at radius 1 is 1.17 bits per heavy atom. The normalized spacial score (nSPS) is 10.9. The zero-order valence-corrected chi connectivity index (χ0v) is 11.0. The van der Waals surface area contributed by atoms with E-state index < -0.39 is 10.1 Å². The molecule has 0 aliphatic rings. The molecule has 0 bridgehead atoms. The maximum Gasteiger partial charge on any atom is 0.264 e. The molecule has 1 rings (SSSR count). The van der Waals surface area contributed by atoms with Crippen LogP contribution < -0.4 is 9.47 Å². The predicted molar refractivity (Wildman–Crippen MR) is 68.4 cm³/mol. The molecule has 0 aromatic heterocycles. The molecule has 0 aliphatic heterocycles. The first-order chi connectivity index (χ1) is 8.53. The van der Waals surface area contributed by atoms with Crippen molar-refractivity contribution in [3.8, 4) is 11.5 Å². The Labute approximate surface area is 107 Å². The van der Waals surface area contributed by atoms with Crippen LogP contribution in [0.4, 0.5) is 0 Å². The maximum atomic E-state index is 10.7. The number of benzene rings is 1. The van der Waals surface area contributed by atoms with Crippen LogP contribution in [0.5, 0.6) is 11.5 Å². The van der Waals surface area contributed by atoms with E-state index in [1.54, 1.807) is 24.3 Å². The van der Waals surface area contributed by atoms with Crippen molar-refractivity contribution in [2.75, 3.05) is 26.1 Å². The van der Waals surface area contributed by atoms with Gasteiger partial charge in [0.05, 0.1) is 6.26 Å². The number of hydrogen-bond acceptors (Lipinski definition) is 5. The summed E-state index contributed by atoms with van der Waals surface area (Å²) < 4.78 is 36.8. The molecule has 0 unspecified atom stereocenters. The molecule has 0 amide bonds. The van der Waals surface area contributed by atoms with Gasteiger partial charge in [0, 0.05) is 0 Å². The van der Waals surface area contributed by atoms with Gasteiger partial charge in [0.2, 0.25) is 0 Å². The van der Waals surface area contributed by atoms with E-state index >= 15 is 0 Å². The molecule has 0 saturated carbocycles. The molecular weight excluding hydrogens is 256 g/mol. The van der Waals surface area contributed by atoms with E-state index in [0.717, 1.165) is 6.26 Å². The van der Waals surface area contributed by atoms with Crippen molar-refractivity contribution in [1.29, 1.82) is 0 Å². The molecule has 0 radical (unpaired) electrons. The van der Waals surface area contributed by atoms with Crippen LogP contribution in [0, 0.1) is 0 Å². The predicted octanol–water partition coefficient (Wildman–Crippen LogP) is 1.61. The van der Waals surface area contributed by atoms with Gasteiger partial charge in [0.15, 0.2) is 11.5 Å². The number of rotatable bonds is 8. The highest BCUT2D eigenvalue weighted by atomic mass is 32.2. The zero-order valence-electron chi connectivity index (χ0n) is 10.2. The molecule has 6 heteroatoms. The number of para-hydroxylation sites is 2. The maximum absolute atomic E-state index is 10.7. The molecule has 0 aliphatic carbocycles. The average Bonchev–Trinajstić information content (AvgIpc) is 2.32. The van der Waals surface area contributed by atoms with E-state index in [1.807, 2.05) is 6.07 Å². The van der Waals surface area contributed by atoms with Gasteiger partial charge in [-0.3, -0.25) is 4.18 Å². The van der Waals surface area contributed by atoms with E-state index in [9.17, 15) is 8.42 Å². The van der Waals surface area contributed by atoms with Crippen LogP contribution in [0.2, 0.25) is 0 Å². The van der Waals surface area contributed by atoms with Gasteiger partial charge in [0.1, 0.15) is 19.8 Å². The zero-order chi connectivity index (χ0) is 13.4. The Morgan fingerprint density at radius 2 is 1.78 bits per heavy atom. The van der Waals surface area contributed by atoms with Crippen LogP contribution in [0.3, 0.4) is 0 Å². The fraction of sp³-hybridized carbons (Fsp3) is 0.333. The van der Waals surface area contributed by atoms with Crippen LogP contribution in [-0.2, 0) is 14.3 Å². The fourth-order valence-corrected chi connectivity index (χ4v) is 1.55. The summed E-state index contributed by atoms with van der Waals surface area (Å²) in [5.41, 5.74) is 0. The monoisotopic (exact) mass is 272 g/mol. The molecule has 0 heterocycles. The minimum atomic E-state index is -3.43. The van der Waals surface area contributed by atoms with E-state index in [0.29, 0.717) is 18.1 Å². The van der Waals surface area contributed by atoms with Crippen molar-refractivity contribution < 1.29 is 22.1 Å². The second kappa shape index (κ2) is 7.03. The van der Waals surface area contributed by atoms with Crippen molar-refractivity contribution in [2.24, 2.45) is 0 Å². The Morgan fingerprint density at radius 3 is 2.33 bits per heavy atom. The van der Waals surface area contributed by atoms with Gasteiger partial charge in [-0.25, -0.2) is 0 Å². The quantitative estimate of drug-likeness (QED) is 0.409. The molecule has 0 saturated heterocycles. The summed E-state index contributed by atoms with van der Waals surface area (Å²) in [6.07, 6.45) is 2.62. The molecule has 100 valence electrons. The second-order valence-electron chi connectivity index (χ2n) is 3.42. The van der Waals surface area contributed by atoms with E-state index in [2.05, 4.69) is 10.8 Å². The molecule has 1 aromatic carbocycles. The number of hydrogen-bond donors (Lipinski definition) is 0. The van der Waals surface area contributed by atoms with Crippen LogP contribution in [-0.4, -0.2) is 34.5 Å². The Bertz CT molecular complexity index is 481. The lowest BCUT2D eigenvalue weighted by atomic mass is 10.3. The molecule has 18 heavy (non-hydrogen) atoms. The SMILES string of the molecule is C=CCOc1ccccc1OCCOS(C)(=O)=O. The molecule has 0 atom stereocenters. The highest BCUT2D eigenvalue weighted by Crippen LogP contribution is 2.26. The van der Waals surface area contributed by atoms with Crippen LogP contribution in [0.25, 0.3) is 0 Å². The molecule has 0 fully saturated rings. The van der Waals surface area contributed by atoms with Gasteiger partial charge in [-0.05, 0) is 12.1 Å². The van der Waals surface area contributed by atoms with E-state index in [-0.39, 0.29) is 13.2 Å². The minimum Gasteiger partial charge on any atom is -0.487 e. The minimum absolute atomic E-state index is 0.0331. The third-order valence-corrected chi connectivity index (χ3v) is 2.44. The molecule has 5 nitrogen and oxygen atoms in total. The lowest BCUT2D eigenvalue weighted by molar-refractivity contribution is 0.214. The summed E-state index contributed by atoms with van der Waals surface area (Å²) in [4.78, 5) is 0. The van der Waals surface area contributed by atoms with Crippen molar-refractivity contribution in [2.45, 2.75) is 0 Å². The van der Waals surface area contributed by atoms with Crippen molar-refractivity contribution >= 4 is 10.1 Å². The largest absolute Gasteiger partial charge is 0.487 e. The van der Waals surface area contributed by atoms with Gasteiger partial charge >= 0.3 is 0 Å². The first-order valence-corrected chi connectivity index (χ1v) is 7.14. The van der Waals surface area contributed by atoms with Crippen LogP contribution in [0.15, 0.2) is 36.9 Å². The Balaban J connectivity index is 2.48. The molecule has 1 aromatic rings.